The number of hydrogen-bond acceptors (Lipinski definition) is 4. The Labute approximate surface area is 158 Å². The van der Waals surface area contributed by atoms with E-state index in [0.29, 0.717) is 31.0 Å². The number of halogens is 1. The van der Waals surface area contributed by atoms with Crippen LogP contribution in [-0.4, -0.2) is 40.3 Å². The molecule has 1 saturated heterocycles. The van der Waals surface area contributed by atoms with E-state index in [2.05, 4.69) is 4.90 Å². The summed E-state index contributed by atoms with van der Waals surface area (Å²) >= 11 is 5.93. The normalized spacial score (nSPS) is 23.2. The van der Waals surface area contributed by atoms with E-state index in [9.17, 15) is 15.0 Å². The topological polar surface area (TPSA) is 95.8 Å². The van der Waals surface area contributed by atoms with Gasteiger partial charge in [-0.25, -0.2) is 0 Å². The Morgan fingerprint density at radius 2 is 1.81 bits per heavy atom. The summed E-state index contributed by atoms with van der Waals surface area (Å²) in [6.45, 7) is 1.23. The Morgan fingerprint density at radius 3 is 2.38 bits per heavy atom. The van der Waals surface area contributed by atoms with Crippen LogP contribution in [0, 0.1) is 0 Å². The minimum atomic E-state index is -0.939. The van der Waals surface area contributed by atoms with Gasteiger partial charge in [-0.05, 0) is 36.1 Å². The molecule has 0 radical (unpaired) electrons. The fourth-order valence-electron chi connectivity index (χ4n) is 3.70. The van der Waals surface area contributed by atoms with Crippen molar-refractivity contribution < 1.29 is 15.0 Å². The number of carboxylic acids is 1. The Bertz CT molecular complexity index is 724. The first-order valence-electron chi connectivity index (χ1n) is 8.43. The first kappa shape index (κ1) is 20.4. The van der Waals surface area contributed by atoms with E-state index < -0.39 is 11.4 Å². The number of aliphatic hydroxyl groups is 1. The minimum absolute atomic E-state index is 0. The van der Waals surface area contributed by atoms with Crippen LogP contribution in [0.1, 0.15) is 24.0 Å². The number of carboxylic acid groups (broad SMARTS) is 1. The van der Waals surface area contributed by atoms with Crippen LogP contribution in [0.25, 0.3) is 0 Å². The molecular formula is C20H25ClN2O3. The predicted octanol–water partition coefficient (Wildman–Crippen LogP) is 3.48. The molecule has 0 bridgehead atoms. The number of likely N-dealkylation sites (tertiary alicyclic amines) is 1. The van der Waals surface area contributed by atoms with Crippen molar-refractivity contribution in [1.29, 1.82) is 0 Å². The molecule has 2 atom stereocenters. The molecule has 1 fully saturated rings. The van der Waals surface area contributed by atoms with E-state index in [1.807, 2.05) is 54.6 Å². The van der Waals surface area contributed by atoms with Crippen LogP contribution in [0.4, 0.5) is 0 Å². The van der Waals surface area contributed by atoms with Gasteiger partial charge in [0.25, 0.3) is 0 Å². The maximum Gasteiger partial charge on any atom is 0.314 e. The Hall–Kier alpha value is -1.92. The molecule has 0 spiro atoms. The molecule has 1 aliphatic heterocycles. The lowest BCUT2D eigenvalue weighted by Crippen LogP contribution is -2.53. The third-order valence-corrected chi connectivity index (χ3v) is 5.42. The SMILES string of the molecule is N.O=C(O)[C@@]1(c2ccccc2)CCN(Cc2ccc(Cl)cc2)[C@@H](CO)C1. The van der Waals surface area contributed by atoms with Gasteiger partial charge in [-0.2, -0.15) is 0 Å². The molecule has 1 heterocycles. The first-order valence-corrected chi connectivity index (χ1v) is 8.81. The van der Waals surface area contributed by atoms with Gasteiger partial charge in [0.1, 0.15) is 0 Å². The number of piperidine rings is 1. The average Bonchev–Trinajstić information content (AvgIpc) is 2.64. The average molecular weight is 377 g/mol. The van der Waals surface area contributed by atoms with Crippen molar-refractivity contribution in [3.05, 3.63) is 70.7 Å². The maximum absolute atomic E-state index is 12.1. The summed E-state index contributed by atoms with van der Waals surface area (Å²) in [7, 11) is 0. The second-order valence-electron chi connectivity index (χ2n) is 6.64. The molecular weight excluding hydrogens is 352 g/mol. The van der Waals surface area contributed by atoms with E-state index >= 15 is 0 Å². The van der Waals surface area contributed by atoms with Gasteiger partial charge in [-0.15, -0.1) is 0 Å². The number of hydrogen-bond donors (Lipinski definition) is 3. The first-order chi connectivity index (χ1) is 12.0. The number of carbonyl (C=O) groups is 1. The molecule has 26 heavy (non-hydrogen) atoms. The zero-order valence-corrected chi connectivity index (χ0v) is 15.4. The van der Waals surface area contributed by atoms with Gasteiger partial charge >= 0.3 is 5.97 Å². The molecule has 0 aliphatic carbocycles. The van der Waals surface area contributed by atoms with Crippen molar-refractivity contribution >= 4 is 17.6 Å². The van der Waals surface area contributed by atoms with E-state index in [1.54, 1.807) is 0 Å². The lowest BCUT2D eigenvalue weighted by molar-refractivity contribution is -0.147. The summed E-state index contributed by atoms with van der Waals surface area (Å²) in [5.41, 5.74) is 0.975. The zero-order chi connectivity index (χ0) is 17.9. The van der Waals surface area contributed by atoms with Crippen molar-refractivity contribution in [3.63, 3.8) is 0 Å². The van der Waals surface area contributed by atoms with Crippen molar-refractivity contribution in [2.45, 2.75) is 30.8 Å². The highest BCUT2D eigenvalue weighted by Gasteiger charge is 2.46. The van der Waals surface area contributed by atoms with Gasteiger partial charge in [-0.3, -0.25) is 9.69 Å². The Balaban J connectivity index is 0.00000243. The molecule has 5 nitrogen and oxygen atoms in total. The number of rotatable bonds is 5. The standard InChI is InChI=1S/C20H22ClNO3.H3N/c21-17-8-6-15(7-9-17)13-22-11-10-20(19(24)25,12-18(22)14-23)16-4-2-1-3-5-16;/h1-9,18,23H,10-14H2,(H,24,25);1H3/t18-,20+;/m1./s1. The molecule has 0 aromatic heterocycles. The molecule has 6 heteroatoms. The summed E-state index contributed by atoms with van der Waals surface area (Å²) in [6, 6.07) is 16.8. The van der Waals surface area contributed by atoms with E-state index in [0.717, 1.165) is 11.1 Å². The third kappa shape index (κ3) is 4.07. The predicted molar refractivity (Wildman–Crippen MR) is 103 cm³/mol. The number of benzene rings is 2. The molecule has 2 aromatic rings. The van der Waals surface area contributed by atoms with Crippen molar-refractivity contribution in [1.82, 2.24) is 11.1 Å². The van der Waals surface area contributed by atoms with Crippen LogP contribution in [-0.2, 0) is 16.8 Å². The summed E-state index contributed by atoms with van der Waals surface area (Å²) in [5, 5.41) is 20.5. The highest BCUT2D eigenvalue weighted by atomic mass is 35.5. The number of aliphatic hydroxyl groups excluding tert-OH is 1. The monoisotopic (exact) mass is 376 g/mol. The molecule has 140 valence electrons. The molecule has 2 aromatic carbocycles. The van der Waals surface area contributed by atoms with Gasteiger partial charge in [-0.1, -0.05) is 54.1 Å². The highest BCUT2D eigenvalue weighted by molar-refractivity contribution is 6.30. The maximum atomic E-state index is 12.1. The van der Waals surface area contributed by atoms with Gasteiger partial charge in [0, 0.05) is 24.2 Å². The van der Waals surface area contributed by atoms with Crippen LogP contribution in [0.2, 0.25) is 5.02 Å². The molecule has 1 aliphatic rings. The molecule has 0 amide bonds. The summed E-state index contributed by atoms with van der Waals surface area (Å²) in [6.07, 6.45) is 0.923. The minimum Gasteiger partial charge on any atom is -0.481 e. The van der Waals surface area contributed by atoms with Gasteiger partial charge < -0.3 is 16.4 Å². The lowest BCUT2D eigenvalue weighted by atomic mass is 9.70. The molecule has 3 rings (SSSR count). The Kier molecular flexibility index (Phi) is 6.78. The van der Waals surface area contributed by atoms with Gasteiger partial charge in [0.05, 0.1) is 12.0 Å². The highest BCUT2D eigenvalue weighted by Crippen LogP contribution is 2.39. The van der Waals surface area contributed by atoms with Gasteiger partial charge in [0.15, 0.2) is 0 Å². The summed E-state index contributed by atoms with van der Waals surface area (Å²) < 4.78 is 0. The van der Waals surface area contributed by atoms with Crippen LogP contribution >= 0.6 is 11.6 Å². The smallest absolute Gasteiger partial charge is 0.314 e. The second-order valence-corrected chi connectivity index (χ2v) is 7.08. The van der Waals surface area contributed by atoms with E-state index in [4.69, 9.17) is 11.6 Å². The fraction of sp³-hybridized carbons (Fsp3) is 0.350. The summed E-state index contributed by atoms with van der Waals surface area (Å²) in [4.78, 5) is 14.3. The molecule has 5 N–H and O–H groups in total. The van der Waals surface area contributed by atoms with Crippen molar-refractivity contribution in [3.8, 4) is 0 Å². The second kappa shape index (κ2) is 8.64. The van der Waals surface area contributed by atoms with Crippen LogP contribution in [0.3, 0.4) is 0 Å². The van der Waals surface area contributed by atoms with Crippen LogP contribution < -0.4 is 6.15 Å². The van der Waals surface area contributed by atoms with Gasteiger partial charge in [0.2, 0.25) is 0 Å². The third-order valence-electron chi connectivity index (χ3n) is 5.17. The number of nitrogens with zero attached hydrogens (tertiary/aromatic N) is 1. The number of aliphatic carboxylic acids is 1. The quantitative estimate of drug-likeness (QED) is 0.742. The zero-order valence-electron chi connectivity index (χ0n) is 14.6. The lowest BCUT2D eigenvalue weighted by Gasteiger charge is -2.44. The van der Waals surface area contributed by atoms with Crippen molar-refractivity contribution in [2.75, 3.05) is 13.2 Å². The molecule has 0 saturated carbocycles. The van der Waals surface area contributed by atoms with Crippen LogP contribution in [0.15, 0.2) is 54.6 Å². The fourth-order valence-corrected chi connectivity index (χ4v) is 3.83. The largest absolute Gasteiger partial charge is 0.481 e. The van der Waals surface area contributed by atoms with Crippen LogP contribution in [0.5, 0.6) is 0 Å². The Morgan fingerprint density at radius 1 is 1.15 bits per heavy atom. The van der Waals surface area contributed by atoms with E-state index in [-0.39, 0.29) is 18.8 Å². The summed E-state index contributed by atoms with van der Waals surface area (Å²) in [5.74, 6) is -0.816. The van der Waals surface area contributed by atoms with Crippen molar-refractivity contribution in [2.24, 2.45) is 0 Å². The van der Waals surface area contributed by atoms with E-state index in [1.165, 1.54) is 0 Å². The molecule has 0 unspecified atom stereocenters.